The monoisotopic (exact) mass is 358 g/mol. The zero-order valence-electron chi connectivity index (χ0n) is 9.34. The number of aromatic nitrogens is 2. The van der Waals surface area contributed by atoms with Crippen molar-refractivity contribution in [1.29, 1.82) is 0 Å². The average Bonchev–Trinajstić information content (AvgIpc) is 2.60. The van der Waals surface area contributed by atoms with Gasteiger partial charge in [-0.15, -0.1) is 0 Å². The molecule has 0 unspecified atom stereocenters. The number of aromatic amines is 1. The van der Waals surface area contributed by atoms with Crippen LogP contribution in [0.2, 0.25) is 0 Å². The molecule has 0 spiro atoms. The first-order chi connectivity index (χ1) is 8.13. The Bertz CT molecular complexity index is 586. The van der Waals surface area contributed by atoms with Gasteiger partial charge in [0.2, 0.25) is 0 Å². The van der Waals surface area contributed by atoms with E-state index in [9.17, 15) is 4.79 Å². The van der Waals surface area contributed by atoms with Crippen LogP contribution in [0.1, 0.15) is 18.2 Å². The van der Waals surface area contributed by atoms with Crippen LogP contribution in [0, 0.1) is 0 Å². The van der Waals surface area contributed by atoms with Gasteiger partial charge in [0.1, 0.15) is 4.47 Å². The summed E-state index contributed by atoms with van der Waals surface area (Å²) in [4.78, 5) is 11.9. The van der Waals surface area contributed by atoms with Crippen molar-refractivity contribution in [3.8, 4) is 0 Å². The molecule has 0 amide bonds. The Morgan fingerprint density at radius 1 is 1.29 bits per heavy atom. The summed E-state index contributed by atoms with van der Waals surface area (Å²) < 4.78 is 3.26. The molecular weight excluding hydrogens is 348 g/mol. The van der Waals surface area contributed by atoms with Crippen LogP contribution in [0.15, 0.2) is 38.0 Å². The molecule has 3 nitrogen and oxygen atoms in total. The second-order valence-electron chi connectivity index (χ2n) is 3.74. The number of rotatable bonds is 3. The van der Waals surface area contributed by atoms with E-state index in [1.807, 2.05) is 31.2 Å². The number of H-pyrrole nitrogens is 1. The average molecular weight is 360 g/mol. The Morgan fingerprint density at radius 3 is 2.59 bits per heavy atom. The molecule has 0 saturated carbocycles. The number of benzene rings is 1. The fraction of sp³-hybridized carbons (Fsp3) is 0.250. The van der Waals surface area contributed by atoms with E-state index in [0.29, 0.717) is 11.0 Å². The second kappa shape index (κ2) is 5.23. The number of nitrogens with zero attached hydrogens (tertiary/aromatic N) is 1. The summed E-state index contributed by atoms with van der Waals surface area (Å²) in [6.07, 6.45) is 0.804. The van der Waals surface area contributed by atoms with Crippen molar-refractivity contribution in [2.75, 3.05) is 0 Å². The normalized spacial score (nSPS) is 10.8. The van der Waals surface area contributed by atoms with E-state index >= 15 is 0 Å². The first kappa shape index (κ1) is 12.6. The van der Waals surface area contributed by atoms with Gasteiger partial charge in [-0.2, -0.15) is 0 Å². The van der Waals surface area contributed by atoms with Crippen molar-refractivity contribution in [3.05, 3.63) is 54.8 Å². The molecule has 1 aromatic carbocycles. The predicted molar refractivity (Wildman–Crippen MR) is 75.4 cm³/mol. The fourth-order valence-electron chi connectivity index (χ4n) is 1.65. The molecule has 0 radical (unpaired) electrons. The molecule has 0 aliphatic heterocycles. The largest absolute Gasteiger partial charge is 0.298 e. The summed E-state index contributed by atoms with van der Waals surface area (Å²) in [6.45, 7) is 2.55. The summed E-state index contributed by atoms with van der Waals surface area (Å²) in [6, 6.07) is 7.89. The molecule has 0 fully saturated rings. The van der Waals surface area contributed by atoms with Crippen molar-refractivity contribution in [2.24, 2.45) is 0 Å². The quantitative estimate of drug-likeness (QED) is 0.896. The van der Waals surface area contributed by atoms with Crippen molar-refractivity contribution >= 4 is 31.9 Å². The SMILES string of the molecule is CCc1[nH]n(Cc2ccccc2Br)c(=O)c1Br. The molecule has 0 bridgehead atoms. The molecular formula is C12H12Br2N2O. The lowest BCUT2D eigenvalue weighted by Crippen LogP contribution is -2.17. The third kappa shape index (κ3) is 2.55. The lowest BCUT2D eigenvalue weighted by molar-refractivity contribution is 0.651. The molecule has 1 N–H and O–H groups in total. The first-order valence-corrected chi connectivity index (χ1v) is 6.92. The number of nitrogens with one attached hydrogen (secondary N) is 1. The highest BCUT2D eigenvalue weighted by Crippen LogP contribution is 2.17. The third-order valence-corrected chi connectivity index (χ3v) is 4.20. The standard InChI is InChI=1S/C12H12Br2N2O/c1-2-10-11(14)12(17)16(15-10)7-8-5-3-4-6-9(8)13/h3-6,15H,2,7H2,1H3. The van der Waals surface area contributed by atoms with E-state index in [1.165, 1.54) is 0 Å². The fourth-order valence-corrected chi connectivity index (χ4v) is 2.65. The Labute approximate surface area is 116 Å². The highest BCUT2D eigenvalue weighted by atomic mass is 79.9. The van der Waals surface area contributed by atoms with Crippen LogP contribution in [0.5, 0.6) is 0 Å². The summed E-state index contributed by atoms with van der Waals surface area (Å²) in [5, 5.41) is 3.11. The van der Waals surface area contributed by atoms with Crippen molar-refractivity contribution in [1.82, 2.24) is 9.78 Å². The van der Waals surface area contributed by atoms with Gasteiger partial charge in [-0.25, -0.2) is 4.68 Å². The smallest absolute Gasteiger partial charge is 0.281 e. The zero-order chi connectivity index (χ0) is 12.4. The maximum Gasteiger partial charge on any atom is 0.281 e. The molecule has 5 heteroatoms. The molecule has 90 valence electrons. The van der Waals surface area contributed by atoms with E-state index in [1.54, 1.807) is 4.68 Å². The van der Waals surface area contributed by atoms with E-state index < -0.39 is 0 Å². The summed E-state index contributed by atoms with van der Waals surface area (Å²) in [5.41, 5.74) is 1.99. The van der Waals surface area contributed by atoms with Crippen molar-refractivity contribution < 1.29 is 0 Å². The van der Waals surface area contributed by atoms with E-state index in [2.05, 4.69) is 37.0 Å². The number of halogens is 2. The maximum atomic E-state index is 11.9. The predicted octanol–water partition coefficient (Wildman–Crippen LogP) is 3.31. The first-order valence-electron chi connectivity index (χ1n) is 5.34. The molecule has 17 heavy (non-hydrogen) atoms. The minimum atomic E-state index is -0.0161. The van der Waals surface area contributed by atoms with Gasteiger partial charge in [0, 0.05) is 4.47 Å². The van der Waals surface area contributed by atoms with E-state index in [4.69, 9.17) is 0 Å². The van der Waals surface area contributed by atoms with Gasteiger partial charge in [-0.3, -0.25) is 9.89 Å². The van der Waals surface area contributed by atoms with E-state index in [0.717, 1.165) is 22.2 Å². The van der Waals surface area contributed by atoms with Crippen LogP contribution in [0.25, 0.3) is 0 Å². The van der Waals surface area contributed by atoms with Crippen LogP contribution in [-0.2, 0) is 13.0 Å². The van der Waals surface area contributed by atoms with Gasteiger partial charge in [0.25, 0.3) is 5.56 Å². The summed E-state index contributed by atoms with van der Waals surface area (Å²) >= 11 is 6.80. The Kier molecular flexibility index (Phi) is 3.89. The Balaban J connectivity index is 2.37. The van der Waals surface area contributed by atoms with Gasteiger partial charge in [-0.05, 0) is 34.0 Å². The third-order valence-electron chi connectivity index (χ3n) is 2.61. The molecule has 1 aromatic heterocycles. The number of hydrogen-bond donors (Lipinski definition) is 1. The lowest BCUT2D eigenvalue weighted by atomic mass is 10.2. The number of hydrogen-bond acceptors (Lipinski definition) is 1. The molecule has 0 aliphatic rings. The van der Waals surface area contributed by atoms with Gasteiger partial charge < -0.3 is 0 Å². The molecule has 2 aromatic rings. The summed E-state index contributed by atoms with van der Waals surface area (Å²) in [5.74, 6) is 0. The number of aryl methyl sites for hydroxylation is 1. The molecule has 0 atom stereocenters. The van der Waals surface area contributed by atoms with Crippen LogP contribution in [0.3, 0.4) is 0 Å². The van der Waals surface area contributed by atoms with Crippen molar-refractivity contribution in [2.45, 2.75) is 19.9 Å². The van der Waals surface area contributed by atoms with Crippen LogP contribution in [-0.4, -0.2) is 9.78 Å². The molecule has 2 rings (SSSR count). The van der Waals surface area contributed by atoms with Gasteiger partial charge in [-0.1, -0.05) is 41.1 Å². The van der Waals surface area contributed by atoms with Crippen LogP contribution >= 0.6 is 31.9 Å². The molecule has 1 heterocycles. The Morgan fingerprint density at radius 2 is 2.00 bits per heavy atom. The zero-order valence-corrected chi connectivity index (χ0v) is 12.5. The summed E-state index contributed by atoms with van der Waals surface area (Å²) in [7, 11) is 0. The Hall–Kier alpha value is -0.810. The van der Waals surface area contributed by atoms with Crippen LogP contribution in [0.4, 0.5) is 0 Å². The minimum Gasteiger partial charge on any atom is -0.298 e. The molecule has 0 aliphatic carbocycles. The maximum absolute atomic E-state index is 11.9. The van der Waals surface area contributed by atoms with Gasteiger partial charge >= 0.3 is 0 Å². The highest BCUT2D eigenvalue weighted by Gasteiger charge is 2.10. The second-order valence-corrected chi connectivity index (χ2v) is 5.39. The minimum absolute atomic E-state index is 0.0161. The van der Waals surface area contributed by atoms with E-state index in [-0.39, 0.29) is 5.56 Å². The van der Waals surface area contributed by atoms with Crippen LogP contribution < -0.4 is 5.56 Å². The van der Waals surface area contributed by atoms with Gasteiger partial charge in [0.05, 0.1) is 12.2 Å². The molecule has 0 saturated heterocycles. The van der Waals surface area contributed by atoms with Crippen molar-refractivity contribution in [3.63, 3.8) is 0 Å². The highest BCUT2D eigenvalue weighted by molar-refractivity contribution is 9.10. The lowest BCUT2D eigenvalue weighted by Gasteiger charge is -2.04. The van der Waals surface area contributed by atoms with Gasteiger partial charge in [0.15, 0.2) is 0 Å². The topological polar surface area (TPSA) is 37.8 Å².